The number of rotatable bonds is 5. The number of aryl methyl sites for hydroxylation is 1. The van der Waals surface area contributed by atoms with E-state index in [0.717, 1.165) is 12.3 Å². The van der Waals surface area contributed by atoms with Crippen LogP contribution in [0, 0.1) is 22.9 Å². The lowest BCUT2D eigenvalue weighted by atomic mass is 10.1. The molecule has 3 N–H and O–H groups in total. The van der Waals surface area contributed by atoms with Gasteiger partial charge in [-0.25, -0.2) is 9.37 Å². The van der Waals surface area contributed by atoms with Gasteiger partial charge in [-0.3, -0.25) is 14.9 Å². The molecular weight excluding hydrogens is 291 g/mol. The first-order valence-corrected chi connectivity index (χ1v) is 6.31. The van der Waals surface area contributed by atoms with Crippen molar-refractivity contribution in [2.75, 3.05) is 5.32 Å². The molecule has 8 heteroatoms. The number of nitrogens with two attached hydrogens (primary N) is 1. The molecule has 0 radical (unpaired) electrons. The van der Waals surface area contributed by atoms with Gasteiger partial charge in [-0.1, -0.05) is 12.1 Å². The number of halogens is 1. The van der Waals surface area contributed by atoms with E-state index in [4.69, 9.17) is 5.73 Å². The Labute approximate surface area is 125 Å². The Morgan fingerprint density at radius 1 is 1.45 bits per heavy atom. The summed E-state index contributed by atoms with van der Waals surface area (Å²) >= 11 is 0. The number of aromatic nitrogens is 1. The molecule has 1 aromatic heterocycles. The number of hydrogen-bond donors (Lipinski definition) is 2. The summed E-state index contributed by atoms with van der Waals surface area (Å²) in [6.07, 6.45) is 1.02. The van der Waals surface area contributed by atoms with Crippen LogP contribution < -0.4 is 11.1 Å². The van der Waals surface area contributed by atoms with E-state index in [1.165, 1.54) is 6.07 Å². The molecule has 0 atom stereocenters. The number of nitrogens with one attached hydrogen (secondary N) is 1. The Morgan fingerprint density at radius 3 is 2.77 bits per heavy atom. The van der Waals surface area contributed by atoms with Crippen LogP contribution in [-0.2, 0) is 6.54 Å². The lowest BCUT2D eigenvalue weighted by Gasteiger charge is -2.09. The monoisotopic (exact) mass is 304 g/mol. The van der Waals surface area contributed by atoms with Crippen molar-refractivity contribution in [3.8, 4) is 0 Å². The highest BCUT2D eigenvalue weighted by molar-refractivity contribution is 5.98. The number of pyridine rings is 1. The minimum absolute atomic E-state index is 0.0956. The van der Waals surface area contributed by atoms with Gasteiger partial charge >= 0.3 is 0 Å². The number of amides is 1. The molecule has 0 spiro atoms. The fourth-order valence-corrected chi connectivity index (χ4v) is 1.81. The minimum Gasteiger partial charge on any atom is -0.365 e. The first kappa shape index (κ1) is 15.4. The minimum atomic E-state index is -0.839. The molecule has 0 bridgehead atoms. The molecular formula is C14H13FN4O3. The number of benzene rings is 1. The van der Waals surface area contributed by atoms with E-state index in [1.807, 2.05) is 0 Å². The molecule has 0 fully saturated rings. The van der Waals surface area contributed by atoms with Gasteiger partial charge in [0.05, 0.1) is 10.5 Å². The zero-order chi connectivity index (χ0) is 16.3. The fraction of sp³-hybridized carbons (Fsp3) is 0.143. The van der Waals surface area contributed by atoms with E-state index < -0.39 is 10.8 Å². The Bertz CT molecular complexity index is 749. The number of nitrogens with zero attached hydrogens (tertiary/aromatic N) is 2. The summed E-state index contributed by atoms with van der Waals surface area (Å²) in [6, 6.07) is 5.76. The summed E-state index contributed by atoms with van der Waals surface area (Å²) in [5.41, 5.74) is 5.93. The van der Waals surface area contributed by atoms with Gasteiger partial charge in [0.15, 0.2) is 0 Å². The number of carbonyl (C=O) groups excluding carboxylic acids is 1. The van der Waals surface area contributed by atoms with Crippen molar-refractivity contribution in [3.63, 3.8) is 0 Å². The number of nitro groups is 1. The van der Waals surface area contributed by atoms with Crippen molar-refractivity contribution in [1.29, 1.82) is 0 Å². The Morgan fingerprint density at radius 2 is 2.18 bits per heavy atom. The third kappa shape index (κ3) is 3.35. The highest BCUT2D eigenvalue weighted by atomic mass is 19.1. The van der Waals surface area contributed by atoms with Crippen LogP contribution in [-0.4, -0.2) is 15.8 Å². The van der Waals surface area contributed by atoms with Gasteiger partial charge in [-0.15, -0.1) is 0 Å². The van der Waals surface area contributed by atoms with Gasteiger partial charge in [-0.2, -0.15) is 0 Å². The van der Waals surface area contributed by atoms with E-state index in [9.17, 15) is 19.3 Å². The maximum Gasteiger partial charge on any atom is 0.288 e. The van der Waals surface area contributed by atoms with Crippen LogP contribution in [0.3, 0.4) is 0 Å². The third-order valence-electron chi connectivity index (χ3n) is 3.05. The summed E-state index contributed by atoms with van der Waals surface area (Å²) < 4.78 is 13.5. The Kier molecular flexibility index (Phi) is 4.31. The van der Waals surface area contributed by atoms with Crippen LogP contribution in [0.4, 0.5) is 15.9 Å². The number of carbonyl (C=O) groups is 1. The first-order valence-electron chi connectivity index (χ1n) is 6.31. The molecule has 2 aromatic rings. The zero-order valence-corrected chi connectivity index (χ0v) is 11.7. The lowest BCUT2D eigenvalue weighted by molar-refractivity contribution is -0.385. The largest absolute Gasteiger partial charge is 0.365 e. The van der Waals surface area contributed by atoms with E-state index >= 15 is 0 Å². The van der Waals surface area contributed by atoms with Crippen molar-refractivity contribution in [1.82, 2.24) is 4.98 Å². The number of anilines is 1. The van der Waals surface area contributed by atoms with Gasteiger partial charge in [0.25, 0.3) is 11.6 Å². The van der Waals surface area contributed by atoms with Gasteiger partial charge in [0, 0.05) is 12.6 Å². The molecule has 0 aliphatic carbocycles. The van der Waals surface area contributed by atoms with E-state index in [-0.39, 0.29) is 29.4 Å². The Balaban J connectivity index is 2.23. The average Bonchev–Trinajstić information content (AvgIpc) is 2.48. The second-order valence-electron chi connectivity index (χ2n) is 4.65. The zero-order valence-electron chi connectivity index (χ0n) is 11.7. The summed E-state index contributed by atoms with van der Waals surface area (Å²) in [7, 11) is 0. The average molecular weight is 304 g/mol. The molecule has 0 aliphatic rings. The highest BCUT2D eigenvalue weighted by Gasteiger charge is 2.16. The van der Waals surface area contributed by atoms with Crippen molar-refractivity contribution in [3.05, 3.63) is 63.1 Å². The van der Waals surface area contributed by atoms with Crippen LogP contribution in [0.1, 0.15) is 21.5 Å². The molecule has 1 amide bonds. The van der Waals surface area contributed by atoms with Gasteiger partial charge in [-0.05, 0) is 24.1 Å². The molecule has 2 rings (SSSR count). The van der Waals surface area contributed by atoms with Crippen LogP contribution >= 0.6 is 0 Å². The van der Waals surface area contributed by atoms with E-state index in [1.54, 1.807) is 19.1 Å². The second-order valence-corrected chi connectivity index (χ2v) is 4.65. The van der Waals surface area contributed by atoms with Gasteiger partial charge < -0.3 is 11.1 Å². The summed E-state index contributed by atoms with van der Waals surface area (Å²) in [5.74, 6) is -1.07. The molecule has 22 heavy (non-hydrogen) atoms. The molecule has 114 valence electrons. The van der Waals surface area contributed by atoms with Crippen molar-refractivity contribution in [2.24, 2.45) is 5.73 Å². The van der Waals surface area contributed by atoms with E-state index in [2.05, 4.69) is 10.3 Å². The topological polar surface area (TPSA) is 111 Å². The predicted octanol–water partition coefficient (Wildman–Crippen LogP) is 2.15. The summed E-state index contributed by atoms with van der Waals surface area (Å²) in [6.45, 7) is 1.85. The normalized spacial score (nSPS) is 10.3. The van der Waals surface area contributed by atoms with E-state index in [0.29, 0.717) is 11.1 Å². The van der Waals surface area contributed by atoms with Crippen LogP contribution in [0.25, 0.3) is 0 Å². The maximum absolute atomic E-state index is 13.5. The molecule has 1 heterocycles. The van der Waals surface area contributed by atoms with Gasteiger partial charge in [0.1, 0.15) is 17.8 Å². The SMILES string of the molecule is Cc1ccc(CNc2ncc([N+](=O)[O-])cc2C(N)=O)cc1F. The highest BCUT2D eigenvalue weighted by Crippen LogP contribution is 2.19. The van der Waals surface area contributed by atoms with Crippen molar-refractivity contribution < 1.29 is 14.1 Å². The molecule has 0 saturated carbocycles. The molecule has 0 unspecified atom stereocenters. The molecule has 1 aromatic carbocycles. The lowest BCUT2D eigenvalue weighted by Crippen LogP contribution is -2.16. The second kappa shape index (κ2) is 6.17. The van der Waals surface area contributed by atoms with Crippen molar-refractivity contribution in [2.45, 2.75) is 13.5 Å². The standard InChI is InChI=1S/C14H13FN4O3/c1-8-2-3-9(4-12(8)15)6-17-14-11(13(16)20)5-10(7-18-14)19(21)22/h2-5,7H,6H2,1H3,(H2,16,20)(H,17,18). The predicted molar refractivity (Wildman–Crippen MR) is 77.9 cm³/mol. The number of primary amides is 1. The third-order valence-corrected chi connectivity index (χ3v) is 3.05. The van der Waals surface area contributed by atoms with Gasteiger partial charge in [0.2, 0.25) is 0 Å². The summed E-state index contributed by atoms with van der Waals surface area (Å²) in [5, 5.41) is 13.5. The molecule has 7 nitrogen and oxygen atoms in total. The summed E-state index contributed by atoms with van der Waals surface area (Å²) in [4.78, 5) is 25.2. The quantitative estimate of drug-likeness (QED) is 0.649. The Hall–Kier alpha value is -3.03. The van der Waals surface area contributed by atoms with Crippen LogP contribution in [0.5, 0.6) is 0 Å². The fourth-order valence-electron chi connectivity index (χ4n) is 1.81. The van der Waals surface area contributed by atoms with Crippen LogP contribution in [0.2, 0.25) is 0 Å². The maximum atomic E-state index is 13.5. The van der Waals surface area contributed by atoms with Crippen molar-refractivity contribution >= 4 is 17.4 Å². The number of hydrogen-bond acceptors (Lipinski definition) is 5. The molecule has 0 aliphatic heterocycles. The first-order chi connectivity index (χ1) is 10.4. The smallest absolute Gasteiger partial charge is 0.288 e. The van der Waals surface area contributed by atoms with Crippen LogP contribution in [0.15, 0.2) is 30.5 Å². The molecule has 0 saturated heterocycles.